The van der Waals surface area contributed by atoms with Crippen LogP contribution in [0.25, 0.3) is 0 Å². The number of halogens is 1. The molecule has 0 saturated heterocycles. The van der Waals surface area contributed by atoms with Crippen LogP contribution in [0.3, 0.4) is 0 Å². The van der Waals surface area contributed by atoms with Gasteiger partial charge in [-0.3, -0.25) is 0 Å². The fraction of sp³-hybridized carbons (Fsp3) is 0.333. The van der Waals surface area contributed by atoms with E-state index in [9.17, 15) is 0 Å². The molecule has 0 spiro atoms. The van der Waals surface area contributed by atoms with Crippen molar-refractivity contribution in [3.8, 4) is 0 Å². The summed E-state index contributed by atoms with van der Waals surface area (Å²) in [5, 5.41) is 9.52. The molecule has 0 aliphatic carbocycles. The summed E-state index contributed by atoms with van der Waals surface area (Å²) in [6, 6.07) is 5.21. The van der Waals surface area contributed by atoms with Crippen LogP contribution in [0.4, 0.5) is 0 Å². The van der Waals surface area contributed by atoms with E-state index < -0.39 is 0 Å². The Morgan fingerprint density at radius 2 is 2.25 bits per heavy atom. The van der Waals surface area contributed by atoms with Crippen LogP contribution in [0, 0.1) is 6.92 Å². The molecule has 0 unspecified atom stereocenters. The van der Waals surface area contributed by atoms with Gasteiger partial charge in [0.1, 0.15) is 0 Å². The first kappa shape index (κ1) is 9.52. The van der Waals surface area contributed by atoms with Gasteiger partial charge >= 0.3 is 0 Å². The van der Waals surface area contributed by atoms with Crippen LogP contribution >= 0.6 is 11.6 Å². The minimum absolute atomic E-state index is 0.0406. The van der Waals surface area contributed by atoms with Crippen molar-refractivity contribution in [1.29, 1.82) is 0 Å². The molecule has 0 fully saturated rings. The fourth-order valence-electron chi connectivity index (χ4n) is 1.00. The lowest BCUT2D eigenvalue weighted by molar-refractivity contribution is 0.268. The standard InChI is InChI=1S/C9H12ClNO/c1-6-4-7(9(11)5-12)2-3-8(6)10/h2-4,9,12H,5,11H2,1H3/t9-/m1/s1. The number of benzene rings is 1. The number of nitrogens with two attached hydrogens (primary N) is 1. The molecule has 66 valence electrons. The van der Waals surface area contributed by atoms with E-state index in [1.165, 1.54) is 0 Å². The maximum Gasteiger partial charge on any atom is 0.0624 e. The van der Waals surface area contributed by atoms with Crippen molar-refractivity contribution in [2.75, 3.05) is 6.61 Å². The molecule has 0 bridgehead atoms. The summed E-state index contributed by atoms with van der Waals surface area (Å²) in [5.74, 6) is 0. The second-order valence-electron chi connectivity index (χ2n) is 2.80. The molecule has 0 aliphatic heterocycles. The van der Waals surface area contributed by atoms with E-state index in [1.54, 1.807) is 6.07 Å². The van der Waals surface area contributed by atoms with Crippen LogP contribution in [0.2, 0.25) is 5.02 Å². The average molecular weight is 186 g/mol. The highest BCUT2D eigenvalue weighted by Crippen LogP contribution is 2.19. The van der Waals surface area contributed by atoms with Gasteiger partial charge in [-0.05, 0) is 24.1 Å². The molecule has 1 atom stereocenters. The predicted molar refractivity (Wildman–Crippen MR) is 50.2 cm³/mol. The number of aryl methyl sites for hydroxylation is 1. The molecule has 0 heterocycles. The first-order valence-electron chi connectivity index (χ1n) is 3.77. The zero-order valence-electron chi connectivity index (χ0n) is 6.92. The Balaban J connectivity index is 2.96. The number of aliphatic hydroxyl groups excluding tert-OH is 1. The molecule has 12 heavy (non-hydrogen) atoms. The van der Waals surface area contributed by atoms with Crippen molar-refractivity contribution < 1.29 is 5.11 Å². The highest BCUT2D eigenvalue weighted by molar-refractivity contribution is 6.31. The third-order valence-corrected chi connectivity index (χ3v) is 2.23. The lowest BCUT2D eigenvalue weighted by Gasteiger charge is -2.09. The van der Waals surface area contributed by atoms with E-state index in [4.69, 9.17) is 22.4 Å². The Hall–Kier alpha value is -0.570. The average Bonchev–Trinajstić information content (AvgIpc) is 2.08. The molecule has 1 rings (SSSR count). The highest BCUT2D eigenvalue weighted by Gasteiger charge is 2.04. The molecule has 3 N–H and O–H groups in total. The van der Waals surface area contributed by atoms with Crippen molar-refractivity contribution in [2.45, 2.75) is 13.0 Å². The highest BCUT2D eigenvalue weighted by atomic mass is 35.5. The van der Waals surface area contributed by atoms with Gasteiger partial charge in [-0.2, -0.15) is 0 Å². The van der Waals surface area contributed by atoms with Crippen LogP contribution in [0.15, 0.2) is 18.2 Å². The van der Waals surface area contributed by atoms with E-state index in [0.717, 1.165) is 16.1 Å². The van der Waals surface area contributed by atoms with Crippen LogP contribution in [-0.4, -0.2) is 11.7 Å². The summed E-state index contributed by atoms with van der Waals surface area (Å²) in [4.78, 5) is 0. The van der Waals surface area contributed by atoms with Gasteiger partial charge in [0.15, 0.2) is 0 Å². The summed E-state index contributed by atoms with van der Waals surface area (Å²) in [5.41, 5.74) is 7.52. The first-order chi connectivity index (χ1) is 5.65. The Kier molecular flexibility index (Phi) is 3.09. The minimum Gasteiger partial charge on any atom is -0.394 e. The molecule has 3 heteroatoms. The molecule has 0 aromatic heterocycles. The Morgan fingerprint density at radius 1 is 1.58 bits per heavy atom. The van der Waals surface area contributed by atoms with E-state index in [0.29, 0.717) is 0 Å². The Morgan fingerprint density at radius 3 is 2.75 bits per heavy atom. The molecule has 0 amide bonds. The third kappa shape index (κ3) is 1.97. The largest absolute Gasteiger partial charge is 0.394 e. The SMILES string of the molecule is Cc1cc([C@H](N)CO)ccc1Cl. The lowest BCUT2D eigenvalue weighted by atomic mass is 10.1. The molecule has 0 radical (unpaired) electrons. The molecule has 2 nitrogen and oxygen atoms in total. The molecule has 0 aliphatic rings. The Bertz CT molecular complexity index is 275. The molecule has 0 saturated carbocycles. The van der Waals surface area contributed by atoms with E-state index in [-0.39, 0.29) is 12.6 Å². The van der Waals surface area contributed by atoms with E-state index >= 15 is 0 Å². The lowest BCUT2D eigenvalue weighted by Crippen LogP contribution is -2.14. The van der Waals surface area contributed by atoms with E-state index in [1.807, 2.05) is 19.1 Å². The van der Waals surface area contributed by atoms with Crippen LogP contribution < -0.4 is 5.73 Å². The van der Waals surface area contributed by atoms with Crippen molar-refractivity contribution in [1.82, 2.24) is 0 Å². The molecular formula is C9H12ClNO. The van der Waals surface area contributed by atoms with Gasteiger partial charge in [-0.25, -0.2) is 0 Å². The zero-order valence-corrected chi connectivity index (χ0v) is 7.67. The monoisotopic (exact) mass is 185 g/mol. The number of rotatable bonds is 2. The fourth-order valence-corrected chi connectivity index (χ4v) is 1.12. The van der Waals surface area contributed by atoms with Gasteiger partial charge < -0.3 is 10.8 Å². The van der Waals surface area contributed by atoms with Crippen molar-refractivity contribution in [2.24, 2.45) is 5.73 Å². The smallest absolute Gasteiger partial charge is 0.0624 e. The van der Waals surface area contributed by atoms with Crippen molar-refractivity contribution >= 4 is 11.6 Å². The maximum atomic E-state index is 8.79. The van der Waals surface area contributed by atoms with Gasteiger partial charge in [-0.1, -0.05) is 23.7 Å². The maximum absolute atomic E-state index is 8.79. The summed E-state index contributed by atoms with van der Waals surface area (Å²) in [6.07, 6.45) is 0. The van der Waals surface area contributed by atoms with Gasteiger partial charge in [0.2, 0.25) is 0 Å². The van der Waals surface area contributed by atoms with Crippen LogP contribution in [-0.2, 0) is 0 Å². The molecular weight excluding hydrogens is 174 g/mol. The minimum atomic E-state index is -0.305. The second kappa shape index (κ2) is 3.90. The van der Waals surface area contributed by atoms with Crippen molar-refractivity contribution in [3.63, 3.8) is 0 Å². The number of hydrogen-bond acceptors (Lipinski definition) is 2. The second-order valence-corrected chi connectivity index (χ2v) is 3.20. The first-order valence-corrected chi connectivity index (χ1v) is 4.15. The van der Waals surface area contributed by atoms with Crippen LogP contribution in [0.1, 0.15) is 17.2 Å². The summed E-state index contributed by atoms with van der Waals surface area (Å²) < 4.78 is 0. The van der Waals surface area contributed by atoms with Crippen LogP contribution in [0.5, 0.6) is 0 Å². The summed E-state index contributed by atoms with van der Waals surface area (Å²) in [6.45, 7) is 1.87. The predicted octanol–water partition coefficient (Wildman–Crippen LogP) is 1.64. The Labute approximate surface area is 77.0 Å². The van der Waals surface area contributed by atoms with Gasteiger partial charge in [0.25, 0.3) is 0 Å². The quantitative estimate of drug-likeness (QED) is 0.736. The van der Waals surface area contributed by atoms with E-state index in [2.05, 4.69) is 0 Å². The van der Waals surface area contributed by atoms with Gasteiger partial charge in [0.05, 0.1) is 12.6 Å². The molecule has 1 aromatic rings. The normalized spacial score (nSPS) is 13.0. The number of aliphatic hydroxyl groups is 1. The van der Waals surface area contributed by atoms with Gasteiger partial charge in [-0.15, -0.1) is 0 Å². The topological polar surface area (TPSA) is 46.2 Å². The number of hydrogen-bond donors (Lipinski definition) is 2. The van der Waals surface area contributed by atoms with Crippen molar-refractivity contribution in [3.05, 3.63) is 34.3 Å². The summed E-state index contributed by atoms with van der Waals surface area (Å²) in [7, 11) is 0. The molecule has 1 aromatic carbocycles. The summed E-state index contributed by atoms with van der Waals surface area (Å²) >= 11 is 5.83. The van der Waals surface area contributed by atoms with Gasteiger partial charge in [0, 0.05) is 5.02 Å². The third-order valence-electron chi connectivity index (χ3n) is 1.81. The zero-order chi connectivity index (χ0) is 9.14.